The van der Waals surface area contributed by atoms with Crippen LogP contribution in [0.1, 0.15) is 59.8 Å². The van der Waals surface area contributed by atoms with E-state index < -0.39 is 0 Å². The number of hydrogen-bond donors (Lipinski definition) is 0. The van der Waals surface area contributed by atoms with Gasteiger partial charge in [0.2, 0.25) is 0 Å². The molecule has 2 aliphatic rings. The second-order valence-electron chi connectivity index (χ2n) is 7.18. The summed E-state index contributed by atoms with van der Waals surface area (Å²) in [4.78, 5) is 12.8. The molecule has 2 atom stereocenters. The van der Waals surface area contributed by atoms with Crippen LogP contribution >= 0.6 is 0 Å². The Morgan fingerprint density at radius 3 is 2.58 bits per heavy atom. The summed E-state index contributed by atoms with van der Waals surface area (Å²) in [5.74, 6) is 0.425. The van der Waals surface area contributed by atoms with Crippen LogP contribution in [0.5, 0.6) is 0 Å². The predicted molar refractivity (Wildman–Crippen MR) is 75.1 cm³/mol. The van der Waals surface area contributed by atoms with Gasteiger partial charge < -0.3 is 9.47 Å². The molecule has 3 heteroatoms. The first-order valence-electron chi connectivity index (χ1n) is 7.67. The molecular weight excluding hydrogens is 240 g/mol. The maximum atomic E-state index is 12.8. The first-order chi connectivity index (χ1) is 8.88. The number of Topliss-reactive ketones (excluding diaryl/α,β-unsaturated/α-hetero) is 1. The minimum atomic E-state index is -0.280. The minimum Gasteiger partial charge on any atom is -0.375 e. The third kappa shape index (κ3) is 3.19. The summed E-state index contributed by atoms with van der Waals surface area (Å²) in [5, 5.41) is 0. The second kappa shape index (κ2) is 5.53. The van der Waals surface area contributed by atoms with Crippen molar-refractivity contribution in [2.75, 3.05) is 13.2 Å². The topological polar surface area (TPSA) is 35.5 Å². The summed E-state index contributed by atoms with van der Waals surface area (Å²) in [6, 6.07) is 0. The maximum absolute atomic E-state index is 12.8. The quantitative estimate of drug-likeness (QED) is 0.784. The van der Waals surface area contributed by atoms with Crippen LogP contribution in [0.15, 0.2) is 0 Å². The van der Waals surface area contributed by atoms with Crippen LogP contribution in [0.25, 0.3) is 0 Å². The number of rotatable bonds is 4. The summed E-state index contributed by atoms with van der Waals surface area (Å²) in [5.41, 5.74) is -0.0919. The van der Waals surface area contributed by atoms with Crippen molar-refractivity contribution >= 4 is 5.78 Å². The molecule has 1 heterocycles. The fraction of sp³-hybridized carbons (Fsp3) is 0.938. The second-order valence-corrected chi connectivity index (χ2v) is 7.18. The lowest BCUT2D eigenvalue weighted by molar-refractivity contribution is -0.166. The summed E-state index contributed by atoms with van der Waals surface area (Å²) in [7, 11) is 0. The van der Waals surface area contributed by atoms with Gasteiger partial charge in [-0.3, -0.25) is 4.79 Å². The van der Waals surface area contributed by atoms with Gasteiger partial charge >= 0.3 is 0 Å². The Bertz CT molecular complexity index is 325. The first kappa shape index (κ1) is 15.0. The monoisotopic (exact) mass is 268 g/mol. The molecule has 1 aliphatic heterocycles. The summed E-state index contributed by atoms with van der Waals surface area (Å²) < 4.78 is 11.7. The third-order valence-electron chi connectivity index (χ3n) is 4.54. The first-order valence-corrected chi connectivity index (χ1v) is 7.67. The molecule has 0 amide bonds. The van der Waals surface area contributed by atoms with E-state index in [1.807, 2.05) is 6.92 Å². The van der Waals surface area contributed by atoms with Gasteiger partial charge in [-0.05, 0) is 44.4 Å². The Labute approximate surface area is 117 Å². The molecule has 1 saturated carbocycles. The van der Waals surface area contributed by atoms with Crippen molar-refractivity contribution in [2.45, 2.75) is 71.5 Å². The van der Waals surface area contributed by atoms with Gasteiger partial charge in [0.05, 0.1) is 5.60 Å². The van der Waals surface area contributed by atoms with Crippen molar-refractivity contribution in [2.24, 2.45) is 11.3 Å². The molecule has 0 aromatic carbocycles. The fourth-order valence-electron chi connectivity index (χ4n) is 3.33. The fourth-order valence-corrected chi connectivity index (χ4v) is 3.33. The lowest BCUT2D eigenvalue weighted by atomic mass is 9.69. The molecule has 19 heavy (non-hydrogen) atoms. The van der Waals surface area contributed by atoms with E-state index in [-0.39, 0.29) is 23.0 Å². The smallest absolute Gasteiger partial charge is 0.165 e. The Balaban J connectivity index is 2.04. The van der Waals surface area contributed by atoms with Gasteiger partial charge in [-0.25, -0.2) is 0 Å². The van der Waals surface area contributed by atoms with Crippen LogP contribution in [-0.4, -0.2) is 30.7 Å². The molecule has 1 aliphatic carbocycles. The Morgan fingerprint density at radius 1 is 1.42 bits per heavy atom. The number of ether oxygens (including phenoxy) is 2. The molecule has 2 fully saturated rings. The molecule has 1 saturated heterocycles. The van der Waals surface area contributed by atoms with E-state index in [4.69, 9.17) is 9.47 Å². The minimum absolute atomic E-state index is 0.0349. The Hall–Kier alpha value is -0.410. The van der Waals surface area contributed by atoms with Crippen molar-refractivity contribution < 1.29 is 14.3 Å². The standard InChI is InChI=1S/C16H28O3/c1-5-18-14(15(2,3)4)13(17)12-7-10-19-16(11-12)8-6-9-16/h12,14H,5-11H2,1-4H3. The highest BCUT2D eigenvalue weighted by atomic mass is 16.5. The molecule has 3 nitrogen and oxygen atoms in total. The lowest BCUT2D eigenvalue weighted by Gasteiger charge is -2.47. The van der Waals surface area contributed by atoms with E-state index in [0.29, 0.717) is 12.4 Å². The van der Waals surface area contributed by atoms with E-state index in [1.54, 1.807) is 0 Å². The van der Waals surface area contributed by atoms with Crippen molar-refractivity contribution in [1.29, 1.82) is 0 Å². The highest BCUT2D eigenvalue weighted by Crippen LogP contribution is 2.45. The van der Waals surface area contributed by atoms with Gasteiger partial charge in [-0.15, -0.1) is 0 Å². The summed E-state index contributed by atoms with van der Waals surface area (Å²) in [6.45, 7) is 9.56. The van der Waals surface area contributed by atoms with Crippen LogP contribution in [-0.2, 0) is 14.3 Å². The van der Waals surface area contributed by atoms with Crippen LogP contribution in [0.4, 0.5) is 0 Å². The van der Waals surface area contributed by atoms with Crippen molar-refractivity contribution in [1.82, 2.24) is 0 Å². The number of carbonyl (C=O) groups excluding carboxylic acids is 1. The van der Waals surface area contributed by atoms with Gasteiger partial charge in [-0.1, -0.05) is 20.8 Å². The molecule has 110 valence electrons. The van der Waals surface area contributed by atoms with Crippen LogP contribution in [0, 0.1) is 11.3 Å². The van der Waals surface area contributed by atoms with E-state index in [0.717, 1.165) is 32.3 Å². The Morgan fingerprint density at radius 2 is 2.11 bits per heavy atom. The van der Waals surface area contributed by atoms with Crippen LogP contribution in [0.2, 0.25) is 0 Å². The number of ketones is 1. The van der Waals surface area contributed by atoms with Crippen LogP contribution in [0.3, 0.4) is 0 Å². The van der Waals surface area contributed by atoms with Gasteiger partial charge in [-0.2, -0.15) is 0 Å². The van der Waals surface area contributed by atoms with Gasteiger partial charge in [0.15, 0.2) is 5.78 Å². The summed E-state index contributed by atoms with van der Waals surface area (Å²) >= 11 is 0. The van der Waals surface area contributed by atoms with Crippen molar-refractivity contribution in [3.05, 3.63) is 0 Å². The highest BCUT2D eigenvalue weighted by molar-refractivity contribution is 5.86. The van der Waals surface area contributed by atoms with E-state index in [2.05, 4.69) is 20.8 Å². The van der Waals surface area contributed by atoms with Crippen LogP contribution < -0.4 is 0 Å². The molecule has 2 rings (SSSR count). The molecule has 0 radical (unpaired) electrons. The average molecular weight is 268 g/mol. The van der Waals surface area contributed by atoms with E-state index in [9.17, 15) is 4.79 Å². The molecular formula is C16H28O3. The molecule has 1 spiro atoms. The van der Waals surface area contributed by atoms with Crippen molar-refractivity contribution in [3.8, 4) is 0 Å². The third-order valence-corrected chi connectivity index (χ3v) is 4.54. The largest absolute Gasteiger partial charge is 0.375 e. The van der Waals surface area contributed by atoms with E-state index >= 15 is 0 Å². The normalized spacial score (nSPS) is 27.9. The van der Waals surface area contributed by atoms with E-state index in [1.165, 1.54) is 6.42 Å². The van der Waals surface area contributed by atoms with Crippen molar-refractivity contribution in [3.63, 3.8) is 0 Å². The number of hydrogen-bond acceptors (Lipinski definition) is 3. The molecule has 2 unspecified atom stereocenters. The molecule has 0 N–H and O–H groups in total. The Kier molecular flexibility index (Phi) is 4.36. The van der Waals surface area contributed by atoms with Gasteiger partial charge in [0.25, 0.3) is 0 Å². The maximum Gasteiger partial charge on any atom is 0.165 e. The zero-order valence-corrected chi connectivity index (χ0v) is 12.8. The SMILES string of the molecule is CCOC(C(=O)C1CCOC2(CCC2)C1)C(C)(C)C. The summed E-state index contributed by atoms with van der Waals surface area (Å²) in [6.07, 6.45) is 5.00. The average Bonchev–Trinajstić information content (AvgIpc) is 2.32. The van der Waals surface area contributed by atoms with Gasteiger partial charge in [0, 0.05) is 19.1 Å². The molecule has 0 bridgehead atoms. The highest BCUT2D eigenvalue weighted by Gasteiger charge is 2.46. The molecule has 0 aromatic heterocycles. The predicted octanol–water partition coefficient (Wildman–Crippen LogP) is 3.36. The molecule has 0 aromatic rings. The number of carbonyl (C=O) groups is 1. The van der Waals surface area contributed by atoms with Gasteiger partial charge in [0.1, 0.15) is 6.10 Å². The zero-order valence-electron chi connectivity index (χ0n) is 12.8. The lowest BCUT2D eigenvalue weighted by Crippen LogP contribution is -2.50. The zero-order chi connectivity index (χ0) is 14.1.